The van der Waals surface area contributed by atoms with Crippen molar-refractivity contribution in [3.8, 4) is 11.6 Å². The van der Waals surface area contributed by atoms with Crippen molar-refractivity contribution in [2.75, 3.05) is 12.0 Å². The average Bonchev–Trinajstić information content (AvgIpc) is 2.64. The monoisotopic (exact) mass is 254 g/mol. The summed E-state index contributed by atoms with van der Waals surface area (Å²) in [6.07, 6.45) is 2.63. The number of aromatic nitrogens is 3. The quantitative estimate of drug-likeness (QED) is 0.835. The molecule has 0 aliphatic carbocycles. The molecule has 0 aliphatic heterocycles. The molecule has 0 saturated carbocycles. The van der Waals surface area contributed by atoms with Gasteiger partial charge in [-0.1, -0.05) is 5.16 Å². The molecule has 0 fully saturated rings. The Labute approximate surface area is 97.6 Å². The molecular formula is C9H10N4O3S. The van der Waals surface area contributed by atoms with Crippen LogP contribution in [0, 0.1) is 0 Å². The number of sulfone groups is 1. The zero-order chi connectivity index (χ0) is 12.5. The van der Waals surface area contributed by atoms with Crippen molar-refractivity contribution in [2.24, 2.45) is 0 Å². The van der Waals surface area contributed by atoms with E-state index < -0.39 is 9.84 Å². The molecule has 0 saturated heterocycles. The summed E-state index contributed by atoms with van der Waals surface area (Å²) in [4.78, 5) is 7.91. The van der Waals surface area contributed by atoms with Gasteiger partial charge in [-0.15, -0.1) is 0 Å². The molecule has 0 spiro atoms. The average molecular weight is 254 g/mol. The van der Waals surface area contributed by atoms with Crippen molar-refractivity contribution in [1.82, 2.24) is 15.1 Å². The van der Waals surface area contributed by atoms with Gasteiger partial charge in [0.05, 0.1) is 5.69 Å². The van der Waals surface area contributed by atoms with Gasteiger partial charge >= 0.3 is 0 Å². The number of pyridine rings is 1. The second-order valence-electron chi connectivity index (χ2n) is 3.53. The number of anilines is 1. The maximum Gasteiger partial charge on any atom is 0.278 e. The van der Waals surface area contributed by atoms with Crippen LogP contribution in [0.1, 0.15) is 5.82 Å². The number of hydrogen-bond donors (Lipinski definition) is 1. The lowest BCUT2D eigenvalue weighted by Gasteiger charge is -1.96. The van der Waals surface area contributed by atoms with Crippen LogP contribution in [0.15, 0.2) is 22.9 Å². The van der Waals surface area contributed by atoms with E-state index in [1.165, 1.54) is 6.20 Å². The van der Waals surface area contributed by atoms with Crippen LogP contribution in [0.25, 0.3) is 11.6 Å². The molecule has 0 amide bonds. The Morgan fingerprint density at radius 2 is 2.24 bits per heavy atom. The molecule has 0 aromatic carbocycles. The Bertz CT molecular complexity index is 635. The lowest BCUT2D eigenvalue weighted by Crippen LogP contribution is -2.02. The van der Waals surface area contributed by atoms with E-state index in [0.29, 0.717) is 11.4 Å². The fourth-order valence-corrected chi connectivity index (χ4v) is 1.83. The van der Waals surface area contributed by atoms with Crippen molar-refractivity contribution in [3.63, 3.8) is 0 Å². The van der Waals surface area contributed by atoms with Crippen LogP contribution >= 0.6 is 0 Å². The summed E-state index contributed by atoms with van der Waals surface area (Å²) in [5, 5.41) is 3.56. The topological polar surface area (TPSA) is 112 Å². The Kier molecular flexibility index (Phi) is 2.80. The first kappa shape index (κ1) is 11.5. The maximum atomic E-state index is 11.1. The van der Waals surface area contributed by atoms with Crippen LogP contribution in [0.4, 0.5) is 5.69 Å². The maximum absolute atomic E-state index is 11.1. The first-order chi connectivity index (χ1) is 7.96. The predicted octanol–water partition coefficient (Wildman–Crippen LogP) is 0.258. The summed E-state index contributed by atoms with van der Waals surface area (Å²) in [6.45, 7) is 0. The van der Waals surface area contributed by atoms with Crippen LogP contribution in [0.3, 0.4) is 0 Å². The highest BCUT2D eigenvalue weighted by Gasteiger charge is 2.15. The molecule has 2 rings (SSSR count). The molecule has 17 heavy (non-hydrogen) atoms. The van der Waals surface area contributed by atoms with Crippen molar-refractivity contribution in [3.05, 3.63) is 24.2 Å². The van der Waals surface area contributed by atoms with Crippen molar-refractivity contribution in [1.29, 1.82) is 0 Å². The van der Waals surface area contributed by atoms with Gasteiger partial charge in [-0.25, -0.2) is 13.4 Å². The van der Waals surface area contributed by atoms with Crippen molar-refractivity contribution in [2.45, 2.75) is 5.75 Å². The van der Waals surface area contributed by atoms with Crippen LogP contribution in [0.5, 0.6) is 0 Å². The number of rotatable bonds is 3. The fraction of sp³-hybridized carbons (Fsp3) is 0.222. The molecule has 0 unspecified atom stereocenters. The van der Waals surface area contributed by atoms with Gasteiger partial charge in [-0.3, -0.25) is 0 Å². The van der Waals surface area contributed by atoms with Gasteiger partial charge in [0, 0.05) is 12.5 Å². The third-order valence-corrected chi connectivity index (χ3v) is 2.68. The van der Waals surface area contributed by atoms with Gasteiger partial charge in [-0.2, -0.15) is 4.98 Å². The van der Waals surface area contributed by atoms with Crippen LogP contribution in [-0.4, -0.2) is 29.8 Å². The minimum Gasteiger partial charge on any atom is -0.397 e. The smallest absolute Gasteiger partial charge is 0.278 e. The van der Waals surface area contributed by atoms with E-state index in [9.17, 15) is 8.42 Å². The summed E-state index contributed by atoms with van der Waals surface area (Å²) >= 11 is 0. The second-order valence-corrected chi connectivity index (χ2v) is 5.67. The fourth-order valence-electron chi connectivity index (χ4n) is 1.24. The van der Waals surface area contributed by atoms with Gasteiger partial charge in [0.2, 0.25) is 0 Å². The minimum absolute atomic E-state index is 0.0903. The molecule has 0 atom stereocenters. The zero-order valence-corrected chi connectivity index (χ0v) is 9.81. The van der Waals surface area contributed by atoms with E-state index in [1.807, 2.05) is 0 Å². The Hall–Kier alpha value is -1.96. The minimum atomic E-state index is -3.19. The molecule has 0 radical (unpaired) electrons. The van der Waals surface area contributed by atoms with E-state index in [1.54, 1.807) is 12.1 Å². The van der Waals surface area contributed by atoms with E-state index in [-0.39, 0.29) is 17.5 Å². The van der Waals surface area contributed by atoms with E-state index >= 15 is 0 Å². The predicted molar refractivity (Wildman–Crippen MR) is 60.5 cm³/mol. The molecule has 0 aliphatic rings. The normalized spacial score (nSPS) is 11.6. The largest absolute Gasteiger partial charge is 0.397 e. The number of hydrogen-bond acceptors (Lipinski definition) is 7. The second kappa shape index (κ2) is 4.13. The lowest BCUT2D eigenvalue weighted by molar-refractivity contribution is 0.423. The standard InChI is InChI=1S/C9H10N4O3S/c1-17(14,15)5-7-12-9(16-13-7)8-6(10)3-2-4-11-8/h2-4H,5,10H2,1H3. The molecule has 90 valence electrons. The summed E-state index contributed by atoms with van der Waals surface area (Å²) in [7, 11) is -3.19. The zero-order valence-electron chi connectivity index (χ0n) is 8.99. The first-order valence-corrected chi connectivity index (χ1v) is 6.73. The SMILES string of the molecule is CS(=O)(=O)Cc1noc(-c2ncccc2N)n1. The lowest BCUT2D eigenvalue weighted by atomic mass is 10.3. The van der Waals surface area contributed by atoms with Crippen molar-refractivity contribution >= 4 is 15.5 Å². The van der Waals surface area contributed by atoms with Gasteiger partial charge in [0.1, 0.15) is 5.75 Å². The molecule has 8 heteroatoms. The van der Waals surface area contributed by atoms with Crippen LogP contribution < -0.4 is 5.73 Å². The third-order valence-electron chi connectivity index (χ3n) is 1.90. The molecule has 2 aromatic heterocycles. The number of nitrogens with two attached hydrogens (primary N) is 1. The Morgan fingerprint density at radius 1 is 1.47 bits per heavy atom. The van der Waals surface area contributed by atoms with Crippen LogP contribution in [-0.2, 0) is 15.6 Å². The summed E-state index contributed by atoms with van der Waals surface area (Å²) in [5.41, 5.74) is 6.42. The van der Waals surface area contributed by atoms with Gasteiger partial charge < -0.3 is 10.3 Å². The van der Waals surface area contributed by atoms with Crippen LogP contribution in [0.2, 0.25) is 0 Å². The highest BCUT2D eigenvalue weighted by atomic mass is 32.2. The highest BCUT2D eigenvalue weighted by molar-refractivity contribution is 7.89. The van der Waals surface area contributed by atoms with Gasteiger partial charge in [0.15, 0.2) is 21.4 Å². The molecule has 7 nitrogen and oxygen atoms in total. The summed E-state index contributed by atoms with van der Waals surface area (Å²) in [6, 6.07) is 3.31. The Morgan fingerprint density at radius 3 is 2.88 bits per heavy atom. The van der Waals surface area contributed by atoms with E-state index in [0.717, 1.165) is 6.26 Å². The van der Waals surface area contributed by atoms with E-state index in [4.69, 9.17) is 10.3 Å². The van der Waals surface area contributed by atoms with Crippen molar-refractivity contribution < 1.29 is 12.9 Å². The molecule has 0 bridgehead atoms. The third kappa shape index (κ3) is 2.78. The molecule has 2 aromatic rings. The molecule has 2 N–H and O–H groups in total. The number of nitrogen functional groups attached to an aromatic ring is 1. The summed E-state index contributed by atoms with van der Waals surface area (Å²) in [5.74, 6) is -0.0715. The molecular weight excluding hydrogens is 244 g/mol. The first-order valence-electron chi connectivity index (χ1n) is 4.67. The summed E-state index contributed by atoms with van der Waals surface area (Å²) < 4.78 is 27.0. The highest BCUT2D eigenvalue weighted by Crippen LogP contribution is 2.20. The number of nitrogens with zero attached hydrogens (tertiary/aromatic N) is 3. The molecule has 2 heterocycles. The van der Waals surface area contributed by atoms with Gasteiger partial charge in [-0.05, 0) is 12.1 Å². The Balaban J connectivity index is 2.34. The van der Waals surface area contributed by atoms with Gasteiger partial charge in [0.25, 0.3) is 5.89 Å². The van der Waals surface area contributed by atoms with E-state index in [2.05, 4.69) is 15.1 Å².